The predicted octanol–water partition coefficient (Wildman–Crippen LogP) is 5.13. The van der Waals surface area contributed by atoms with Crippen molar-refractivity contribution in [2.24, 2.45) is 4.99 Å². The number of thioether (sulfide) groups is 1. The van der Waals surface area contributed by atoms with Crippen molar-refractivity contribution in [3.05, 3.63) is 93.4 Å². The first-order chi connectivity index (χ1) is 15.6. The fraction of sp³-hybridized carbons (Fsp3) is 0.0435. The Morgan fingerprint density at radius 3 is 2.34 bits per heavy atom. The largest absolute Gasteiger partial charge is 0.454 e. The fourth-order valence-corrected chi connectivity index (χ4v) is 4.32. The summed E-state index contributed by atoms with van der Waals surface area (Å²) in [7, 11) is 0. The van der Waals surface area contributed by atoms with Crippen LogP contribution in [0.25, 0.3) is 6.08 Å². The molecule has 0 atom stereocenters. The molecule has 3 aromatic rings. The maximum absolute atomic E-state index is 13.4. The molecule has 2 aliphatic heterocycles. The van der Waals surface area contributed by atoms with Crippen LogP contribution in [0.15, 0.2) is 82.7 Å². The predicted molar refractivity (Wildman–Crippen MR) is 122 cm³/mol. The van der Waals surface area contributed by atoms with Gasteiger partial charge in [0.05, 0.1) is 32.8 Å². The van der Waals surface area contributed by atoms with Crippen LogP contribution in [0, 0.1) is 10.1 Å². The number of hydrogen-bond donors (Lipinski definition) is 0. The van der Waals surface area contributed by atoms with Gasteiger partial charge in [-0.25, -0.2) is 4.99 Å². The Morgan fingerprint density at radius 2 is 1.66 bits per heavy atom. The normalized spacial score (nSPS) is 17.4. The van der Waals surface area contributed by atoms with Crippen LogP contribution in [0.1, 0.15) is 5.56 Å². The quantitative estimate of drug-likeness (QED) is 0.314. The third-order valence-corrected chi connectivity index (χ3v) is 5.78. The lowest BCUT2D eigenvalue weighted by Crippen LogP contribution is -2.28. The smallest absolute Gasteiger partial charge is 0.280 e. The first-order valence-electron chi connectivity index (χ1n) is 9.61. The van der Waals surface area contributed by atoms with E-state index in [2.05, 4.69) is 4.99 Å². The highest BCUT2D eigenvalue weighted by molar-refractivity contribution is 8.19. The summed E-state index contributed by atoms with van der Waals surface area (Å²) < 4.78 is 10.6. The molecular weight excluding hydrogens is 430 g/mol. The number of nitro benzene ring substituents is 1. The number of ether oxygens (including phenoxy) is 2. The van der Waals surface area contributed by atoms with Crippen LogP contribution in [0.5, 0.6) is 11.5 Å². The van der Waals surface area contributed by atoms with Crippen molar-refractivity contribution in [3.8, 4) is 11.5 Å². The summed E-state index contributed by atoms with van der Waals surface area (Å²) in [5.41, 5.74) is 1.43. The van der Waals surface area contributed by atoms with Gasteiger partial charge in [0.15, 0.2) is 16.7 Å². The number of nitrogens with zero attached hydrogens (tertiary/aromatic N) is 3. The molecule has 0 radical (unpaired) electrons. The highest BCUT2D eigenvalue weighted by atomic mass is 32.2. The van der Waals surface area contributed by atoms with E-state index in [1.54, 1.807) is 0 Å². The number of carbonyl (C=O) groups excluding carboxylic acids is 1. The molecule has 0 N–H and O–H groups in total. The van der Waals surface area contributed by atoms with Crippen LogP contribution in [0.3, 0.4) is 0 Å². The molecule has 1 amide bonds. The van der Waals surface area contributed by atoms with E-state index in [1.165, 1.54) is 23.1 Å². The summed E-state index contributed by atoms with van der Waals surface area (Å²) in [6.45, 7) is -0.00411. The Kier molecular flexibility index (Phi) is 5.08. The maximum Gasteiger partial charge on any atom is 0.280 e. The van der Waals surface area contributed by atoms with E-state index in [1.807, 2.05) is 60.7 Å². The van der Waals surface area contributed by atoms with E-state index < -0.39 is 4.92 Å². The molecule has 5 rings (SSSR count). The number of benzene rings is 3. The molecule has 158 valence electrons. The topological polar surface area (TPSA) is 94.3 Å². The number of hydrogen-bond acceptors (Lipinski definition) is 7. The lowest BCUT2D eigenvalue weighted by Gasteiger charge is -2.15. The minimum atomic E-state index is -0.508. The van der Waals surface area contributed by atoms with Crippen molar-refractivity contribution in [1.82, 2.24) is 0 Å². The zero-order chi connectivity index (χ0) is 22.1. The van der Waals surface area contributed by atoms with E-state index in [-0.39, 0.29) is 24.0 Å². The SMILES string of the molecule is O=C1C(=Cc2cc3c(cc2[N+](=O)[O-])OCO3)SC(=Nc2ccccc2)N1c1ccccc1. The summed E-state index contributed by atoms with van der Waals surface area (Å²) >= 11 is 1.16. The Labute approximate surface area is 186 Å². The summed E-state index contributed by atoms with van der Waals surface area (Å²) in [6, 6.07) is 21.3. The Hall–Kier alpha value is -4.11. The average Bonchev–Trinajstić information content (AvgIpc) is 3.38. The third-order valence-electron chi connectivity index (χ3n) is 4.81. The Balaban J connectivity index is 1.60. The first kappa shape index (κ1) is 19.8. The fourth-order valence-electron chi connectivity index (χ4n) is 3.33. The summed E-state index contributed by atoms with van der Waals surface area (Å²) in [5.74, 6) is 0.389. The minimum Gasteiger partial charge on any atom is -0.454 e. The van der Waals surface area contributed by atoms with Crippen molar-refractivity contribution in [3.63, 3.8) is 0 Å². The summed E-state index contributed by atoms with van der Waals surface area (Å²) in [4.78, 5) is 30.9. The molecule has 2 aliphatic rings. The number of nitro groups is 1. The Morgan fingerprint density at radius 1 is 1.00 bits per heavy atom. The molecule has 0 saturated carbocycles. The van der Waals surface area contributed by atoms with Crippen molar-refractivity contribution in [2.75, 3.05) is 11.7 Å². The summed E-state index contributed by atoms with van der Waals surface area (Å²) in [5, 5.41) is 12.1. The highest BCUT2D eigenvalue weighted by Crippen LogP contribution is 2.42. The Bertz CT molecular complexity index is 1280. The maximum atomic E-state index is 13.4. The first-order valence-corrected chi connectivity index (χ1v) is 10.4. The zero-order valence-corrected chi connectivity index (χ0v) is 17.3. The average molecular weight is 445 g/mol. The second-order valence-electron chi connectivity index (χ2n) is 6.84. The van der Waals surface area contributed by atoms with Crippen LogP contribution in [0.4, 0.5) is 17.1 Å². The third kappa shape index (κ3) is 3.69. The molecule has 0 spiro atoms. The van der Waals surface area contributed by atoms with Crippen molar-refractivity contribution in [2.45, 2.75) is 0 Å². The van der Waals surface area contributed by atoms with Crippen molar-refractivity contribution >= 4 is 46.0 Å². The number of amidine groups is 1. The number of rotatable bonds is 4. The highest BCUT2D eigenvalue weighted by Gasteiger charge is 2.35. The van der Waals surface area contributed by atoms with Gasteiger partial charge in [0.1, 0.15) is 0 Å². The van der Waals surface area contributed by atoms with E-state index >= 15 is 0 Å². The second-order valence-corrected chi connectivity index (χ2v) is 7.85. The van der Waals surface area contributed by atoms with Crippen LogP contribution in [0.2, 0.25) is 0 Å². The molecule has 3 aromatic carbocycles. The molecule has 1 fully saturated rings. The molecule has 32 heavy (non-hydrogen) atoms. The number of carbonyl (C=O) groups is 1. The number of anilines is 1. The molecule has 8 nitrogen and oxygen atoms in total. The van der Waals surface area contributed by atoms with Crippen LogP contribution < -0.4 is 14.4 Å². The van der Waals surface area contributed by atoms with Crippen molar-refractivity contribution in [1.29, 1.82) is 0 Å². The van der Waals surface area contributed by atoms with E-state index in [4.69, 9.17) is 9.47 Å². The lowest BCUT2D eigenvalue weighted by atomic mass is 10.1. The van der Waals surface area contributed by atoms with E-state index in [0.717, 1.165) is 11.8 Å². The van der Waals surface area contributed by atoms with Gasteiger partial charge in [-0.05, 0) is 48.2 Å². The summed E-state index contributed by atoms with van der Waals surface area (Å²) in [6.07, 6.45) is 1.50. The second kappa shape index (κ2) is 8.20. The van der Waals surface area contributed by atoms with Gasteiger partial charge >= 0.3 is 0 Å². The van der Waals surface area contributed by atoms with Gasteiger partial charge in [-0.1, -0.05) is 36.4 Å². The van der Waals surface area contributed by atoms with Gasteiger partial charge in [-0.3, -0.25) is 19.8 Å². The van der Waals surface area contributed by atoms with Crippen LogP contribution in [-0.4, -0.2) is 22.8 Å². The lowest BCUT2D eigenvalue weighted by molar-refractivity contribution is -0.385. The zero-order valence-electron chi connectivity index (χ0n) is 16.5. The van der Waals surface area contributed by atoms with Gasteiger partial charge < -0.3 is 9.47 Å². The van der Waals surface area contributed by atoms with Crippen molar-refractivity contribution < 1.29 is 19.2 Å². The standard InChI is InChI=1S/C23H15N3O5S/c27-22-21(12-15-11-19-20(31-14-30-19)13-18(15)26(28)29)32-23(24-16-7-3-1-4-8-16)25(22)17-9-5-2-6-10-17/h1-13H,14H2. The van der Waals surface area contributed by atoms with Gasteiger partial charge in [-0.2, -0.15) is 0 Å². The number of amides is 1. The van der Waals surface area contributed by atoms with Gasteiger partial charge in [0, 0.05) is 0 Å². The molecule has 0 bridgehead atoms. The van der Waals surface area contributed by atoms with E-state index in [9.17, 15) is 14.9 Å². The number of aliphatic imine (C=N–C) groups is 1. The monoisotopic (exact) mass is 445 g/mol. The van der Waals surface area contributed by atoms with Crippen LogP contribution >= 0.6 is 11.8 Å². The van der Waals surface area contributed by atoms with Crippen LogP contribution in [-0.2, 0) is 4.79 Å². The minimum absolute atomic E-state index is 0.00411. The molecule has 9 heteroatoms. The number of para-hydroxylation sites is 2. The van der Waals surface area contributed by atoms with Gasteiger partial charge in [0.25, 0.3) is 11.6 Å². The molecule has 1 saturated heterocycles. The molecule has 0 aromatic heterocycles. The molecule has 0 unspecified atom stereocenters. The number of fused-ring (bicyclic) bond motifs is 1. The molecule has 2 heterocycles. The van der Waals surface area contributed by atoms with Gasteiger partial charge in [0.2, 0.25) is 6.79 Å². The molecular formula is C23H15N3O5S. The molecule has 0 aliphatic carbocycles. The van der Waals surface area contributed by atoms with E-state index in [0.29, 0.717) is 32.9 Å². The van der Waals surface area contributed by atoms with Gasteiger partial charge in [-0.15, -0.1) is 0 Å².